The number of nitrogens with zero attached hydrogens (tertiary/aromatic N) is 1. The highest BCUT2D eigenvalue weighted by Crippen LogP contribution is 2.31. The number of carbonyl (C=O) groups is 1. The Morgan fingerprint density at radius 3 is 2.95 bits per heavy atom. The van der Waals surface area contributed by atoms with Crippen LogP contribution in [0.15, 0.2) is 18.2 Å². The molecule has 1 saturated heterocycles. The van der Waals surface area contributed by atoms with Crippen LogP contribution in [0.25, 0.3) is 11.0 Å². The predicted octanol–water partition coefficient (Wildman–Crippen LogP) is 1.57. The number of fused-ring (bicyclic) bond motifs is 1. The van der Waals surface area contributed by atoms with Crippen molar-refractivity contribution < 1.29 is 9.53 Å². The highest BCUT2D eigenvalue weighted by molar-refractivity contribution is 5.97. The maximum Gasteiger partial charge on any atom is 0.232 e. The van der Waals surface area contributed by atoms with Crippen LogP contribution in [0.2, 0.25) is 0 Å². The number of H-pyrrole nitrogens is 1. The Bertz CT molecular complexity index is 659. The molecule has 6 nitrogen and oxygen atoms in total. The summed E-state index contributed by atoms with van der Waals surface area (Å²) in [4.78, 5) is 20.1. The zero-order valence-corrected chi connectivity index (χ0v) is 12.1. The lowest BCUT2D eigenvalue weighted by Gasteiger charge is -2.34. The van der Waals surface area contributed by atoms with E-state index in [1.165, 1.54) is 0 Å². The Kier molecular flexibility index (Phi) is 3.65. The maximum atomic E-state index is 12.6. The fourth-order valence-electron chi connectivity index (χ4n) is 2.76. The second-order valence-electron chi connectivity index (χ2n) is 5.61. The third kappa shape index (κ3) is 2.64. The number of benzene rings is 1. The summed E-state index contributed by atoms with van der Waals surface area (Å²) in [6, 6.07) is 5.66. The number of aromatic amines is 1. The van der Waals surface area contributed by atoms with Gasteiger partial charge in [0, 0.05) is 25.4 Å². The molecule has 1 aromatic heterocycles. The minimum atomic E-state index is -0.517. The molecule has 3 rings (SSSR count). The second-order valence-corrected chi connectivity index (χ2v) is 5.61. The van der Waals surface area contributed by atoms with E-state index in [-0.39, 0.29) is 5.91 Å². The van der Waals surface area contributed by atoms with E-state index in [0.29, 0.717) is 32.6 Å². The molecule has 1 fully saturated rings. The first-order valence-electron chi connectivity index (χ1n) is 7.19. The van der Waals surface area contributed by atoms with Crippen LogP contribution in [-0.2, 0) is 9.53 Å². The van der Waals surface area contributed by atoms with Crippen LogP contribution in [-0.4, -0.2) is 35.6 Å². The molecule has 0 saturated carbocycles. The molecule has 6 heteroatoms. The zero-order chi connectivity index (χ0) is 14.9. The smallest absolute Gasteiger partial charge is 0.232 e. The predicted molar refractivity (Wildman–Crippen MR) is 81.0 cm³/mol. The van der Waals surface area contributed by atoms with Gasteiger partial charge in [-0.1, -0.05) is 0 Å². The molecular formula is C15H20N4O2. The van der Waals surface area contributed by atoms with Crippen molar-refractivity contribution in [2.75, 3.05) is 25.1 Å². The largest absolute Gasteiger partial charge is 0.381 e. The van der Waals surface area contributed by atoms with Crippen molar-refractivity contribution in [3.8, 4) is 0 Å². The van der Waals surface area contributed by atoms with Gasteiger partial charge in [-0.25, -0.2) is 4.98 Å². The van der Waals surface area contributed by atoms with Gasteiger partial charge in [-0.15, -0.1) is 0 Å². The molecule has 0 aliphatic carbocycles. The van der Waals surface area contributed by atoms with Crippen molar-refractivity contribution in [1.29, 1.82) is 0 Å². The van der Waals surface area contributed by atoms with Crippen LogP contribution in [0, 0.1) is 12.3 Å². The van der Waals surface area contributed by atoms with Crippen LogP contribution in [0.1, 0.15) is 18.7 Å². The number of carbonyl (C=O) groups excluding carboxylic acids is 1. The molecule has 2 heterocycles. The first-order chi connectivity index (χ1) is 10.1. The summed E-state index contributed by atoms with van der Waals surface area (Å²) < 4.78 is 5.34. The van der Waals surface area contributed by atoms with Crippen molar-refractivity contribution in [3.63, 3.8) is 0 Å². The summed E-state index contributed by atoms with van der Waals surface area (Å²) in [5, 5.41) is 2.98. The van der Waals surface area contributed by atoms with E-state index in [9.17, 15) is 4.79 Å². The minimum absolute atomic E-state index is 0.0242. The second kappa shape index (κ2) is 5.46. The first-order valence-corrected chi connectivity index (χ1v) is 7.19. The third-order valence-electron chi connectivity index (χ3n) is 4.18. The Hall–Kier alpha value is -1.92. The lowest BCUT2D eigenvalue weighted by atomic mass is 9.79. The Labute approximate surface area is 123 Å². The van der Waals surface area contributed by atoms with Gasteiger partial charge in [-0.05, 0) is 38.0 Å². The van der Waals surface area contributed by atoms with Gasteiger partial charge in [0.05, 0.1) is 16.4 Å². The molecule has 112 valence electrons. The van der Waals surface area contributed by atoms with E-state index >= 15 is 0 Å². The van der Waals surface area contributed by atoms with Gasteiger partial charge in [-0.3, -0.25) is 4.79 Å². The Morgan fingerprint density at radius 1 is 1.48 bits per heavy atom. The monoisotopic (exact) mass is 288 g/mol. The third-order valence-corrected chi connectivity index (χ3v) is 4.18. The quantitative estimate of drug-likeness (QED) is 0.799. The number of ether oxygens (including phenoxy) is 1. The summed E-state index contributed by atoms with van der Waals surface area (Å²) in [6.07, 6.45) is 1.33. The number of aromatic nitrogens is 2. The van der Waals surface area contributed by atoms with Crippen molar-refractivity contribution in [3.05, 3.63) is 24.0 Å². The molecule has 0 radical (unpaired) electrons. The number of rotatable bonds is 3. The van der Waals surface area contributed by atoms with E-state index < -0.39 is 5.41 Å². The number of anilines is 1. The van der Waals surface area contributed by atoms with Crippen LogP contribution < -0.4 is 11.1 Å². The number of hydrogen-bond acceptors (Lipinski definition) is 4. The van der Waals surface area contributed by atoms with Gasteiger partial charge < -0.3 is 20.8 Å². The number of hydrogen-bond donors (Lipinski definition) is 3. The molecule has 1 aliphatic heterocycles. The van der Waals surface area contributed by atoms with E-state index in [1.54, 1.807) is 0 Å². The summed E-state index contributed by atoms with van der Waals surface area (Å²) >= 11 is 0. The molecule has 0 unspecified atom stereocenters. The summed E-state index contributed by atoms with van der Waals surface area (Å²) in [5.74, 6) is 0.834. The maximum absolute atomic E-state index is 12.6. The molecule has 0 bridgehead atoms. The van der Waals surface area contributed by atoms with Crippen molar-refractivity contribution in [2.45, 2.75) is 19.8 Å². The standard InChI is InChI=1S/C15H20N4O2/c1-10-17-12-3-2-11(8-13(12)18-10)19-14(20)15(9-16)4-6-21-7-5-15/h2-3,8H,4-7,9,16H2,1H3,(H,17,18)(H,19,20). The summed E-state index contributed by atoms with van der Waals surface area (Å²) in [6.45, 7) is 3.42. The lowest BCUT2D eigenvalue weighted by Crippen LogP contribution is -2.46. The highest BCUT2D eigenvalue weighted by atomic mass is 16.5. The Morgan fingerprint density at radius 2 is 2.24 bits per heavy atom. The van der Waals surface area contributed by atoms with Crippen LogP contribution in [0.4, 0.5) is 5.69 Å². The minimum Gasteiger partial charge on any atom is -0.381 e. The number of aryl methyl sites for hydroxylation is 1. The van der Waals surface area contributed by atoms with Crippen LogP contribution >= 0.6 is 0 Å². The molecule has 0 spiro atoms. The first kappa shape index (κ1) is 14.0. The number of nitrogens with one attached hydrogen (secondary N) is 2. The van der Waals surface area contributed by atoms with Gasteiger partial charge in [0.1, 0.15) is 5.82 Å². The Balaban J connectivity index is 1.81. The average Bonchev–Trinajstić information content (AvgIpc) is 2.87. The summed E-state index contributed by atoms with van der Waals surface area (Å²) in [5.41, 5.74) is 7.91. The lowest BCUT2D eigenvalue weighted by molar-refractivity contribution is -0.130. The SMILES string of the molecule is Cc1nc2ccc(NC(=O)C3(CN)CCOCC3)cc2[nH]1. The van der Waals surface area contributed by atoms with Gasteiger partial charge in [0.2, 0.25) is 5.91 Å². The van der Waals surface area contributed by atoms with Gasteiger partial charge in [-0.2, -0.15) is 0 Å². The van der Waals surface area contributed by atoms with Crippen molar-refractivity contribution in [1.82, 2.24) is 9.97 Å². The fourth-order valence-corrected chi connectivity index (χ4v) is 2.76. The number of nitrogens with two attached hydrogens (primary N) is 1. The molecule has 1 aliphatic rings. The van der Waals surface area contributed by atoms with E-state index in [1.807, 2.05) is 25.1 Å². The van der Waals surface area contributed by atoms with E-state index in [4.69, 9.17) is 10.5 Å². The highest BCUT2D eigenvalue weighted by Gasteiger charge is 2.38. The molecule has 1 amide bonds. The topological polar surface area (TPSA) is 93.0 Å². The van der Waals surface area contributed by atoms with Crippen LogP contribution in [0.3, 0.4) is 0 Å². The van der Waals surface area contributed by atoms with E-state index in [2.05, 4.69) is 15.3 Å². The fraction of sp³-hybridized carbons (Fsp3) is 0.467. The van der Waals surface area contributed by atoms with Crippen molar-refractivity contribution >= 4 is 22.6 Å². The average molecular weight is 288 g/mol. The molecule has 2 aromatic rings. The molecular weight excluding hydrogens is 268 g/mol. The summed E-state index contributed by atoms with van der Waals surface area (Å²) in [7, 11) is 0. The van der Waals surface area contributed by atoms with Gasteiger partial charge >= 0.3 is 0 Å². The normalized spacial score (nSPS) is 17.8. The molecule has 4 N–H and O–H groups in total. The van der Waals surface area contributed by atoms with E-state index in [0.717, 1.165) is 22.5 Å². The molecule has 0 atom stereocenters. The molecule has 1 aromatic carbocycles. The van der Waals surface area contributed by atoms with Gasteiger partial charge in [0.25, 0.3) is 0 Å². The van der Waals surface area contributed by atoms with Crippen LogP contribution in [0.5, 0.6) is 0 Å². The number of amides is 1. The zero-order valence-electron chi connectivity index (χ0n) is 12.1. The number of imidazole rings is 1. The molecule has 21 heavy (non-hydrogen) atoms. The van der Waals surface area contributed by atoms with Crippen molar-refractivity contribution in [2.24, 2.45) is 11.1 Å². The van der Waals surface area contributed by atoms with Gasteiger partial charge in [0.15, 0.2) is 0 Å².